The van der Waals surface area contributed by atoms with Crippen molar-refractivity contribution in [3.8, 4) is 0 Å². The summed E-state index contributed by atoms with van der Waals surface area (Å²) < 4.78 is 1.97. The Balaban J connectivity index is 0.00000264. The highest BCUT2D eigenvalue weighted by Gasteiger charge is 2.05. The molecule has 0 aromatic carbocycles. The maximum absolute atomic E-state index is 4.43. The van der Waals surface area contributed by atoms with Crippen LogP contribution in [0, 0.1) is 20.8 Å². The summed E-state index contributed by atoms with van der Waals surface area (Å²) in [5.74, 6) is 0.821. The maximum Gasteiger partial charge on any atom is 0.191 e. The Morgan fingerprint density at radius 3 is 2.65 bits per heavy atom. The lowest BCUT2D eigenvalue weighted by Gasteiger charge is -2.11. The minimum absolute atomic E-state index is 0. The number of thiazole rings is 1. The summed E-state index contributed by atoms with van der Waals surface area (Å²) in [6.07, 6.45) is 4.94. The molecule has 0 aliphatic carbocycles. The first-order valence-electron chi connectivity index (χ1n) is 7.45. The molecule has 2 aromatic rings. The number of nitrogens with zero attached hydrogens (tertiary/aromatic N) is 4. The summed E-state index contributed by atoms with van der Waals surface area (Å²) >= 11 is 1.73. The fraction of sp³-hybridized carbons (Fsp3) is 0.533. The van der Waals surface area contributed by atoms with Gasteiger partial charge >= 0.3 is 0 Å². The van der Waals surface area contributed by atoms with E-state index in [0.717, 1.165) is 42.7 Å². The van der Waals surface area contributed by atoms with E-state index in [9.17, 15) is 0 Å². The largest absolute Gasteiger partial charge is 0.356 e. The Morgan fingerprint density at radius 2 is 2.09 bits per heavy atom. The Bertz CT molecular complexity index is 634. The first kappa shape index (κ1) is 19.9. The van der Waals surface area contributed by atoms with Crippen LogP contribution in [0.4, 0.5) is 0 Å². The van der Waals surface area contributed by atoms with Crippen molar-refractivity contribution in [2.45, 2.75) is 40.3 Å². The Hall–Kier alpha value is -1.16. The normalized spacial score (nSPS) is 11.2. The molecule has 0 radical (unpaired) electrons. The van der Waals surface area contributed by atoms with Crippen LogP contribution < -0.4 is 10.6 Å². The van der Waals surface area contributed by atoms with Crippen LogP contribution >= 0.6 is 35.3 Å². The zero-order chi connectivity index (χ0) is 15.9. The molecule has 0 spiro atoms. The molecule has 2 rings (SSSR count). The van der Waals surface area contributed by atoms with E-state index >= 15 is 0 Å². The van der Waals surface area contributed by atoms with Crippen LogP contribution in [0.25, 0.3) is 0 Å². The number of guanidine groups is 1. The third-order valence-corrected chi connectivity index (χ3v) is 4.33. The van der Waals surface area contributed by atoms with Crippen molar-refractivity contribution >= 4 is 41.3 Å². The van der Waals surface area contributed by atoms with Gasteiger partial charge in [-0.25, -0.2) is 4.98 Å². The van der Waals surface area contributed by atoms with Gasteiger partial charge in [0.1, 0.15) is 0 Å². The second-order valence-electron chi connectivity index (χ2n) is 5.23. The van der Waals surface area contributed by atoms with Crippen molar-refractivity contribution in [2.24, 2.45) is 4.99 Å². The highest BCUT2D eigenvalue weighted by molar-refractivity contribution is 14.0. The van der Waals surface area contributed by atoms with Gasteiger partial charge in [-0.15, -0.1) is 35.3 Å². The molecule has 128 valence electrons. The zero-order valence-corrected chi connectivity index (χ0v) is 17.2. The fourth-order valence-electron chi connectivity index (χ4n) is 2.16. The SMILES string of the molecule is CN=C(NCCCn1cc(C)cn1)NCc1sc(C)nc1C.I. The average molecular weight is 448 g/mol. The first-order chi connectivity index (χ1) is 10.6. The van der Waals surface area contributed by atoms with Crippen LogP contribution in [0.2, 0.25) is 0 Å². The highest BCUT2D eigenvalue weighted by Crippen LogP contribution is 2.16. The summed E-state index contributed by atoms with van der Waals surface area (Å²) in [7, 11) is 1.79. The van der Waals surface area contributed by atoms with Gasteiger partial charge in [0.2, 0.25) is 0 Å². The standard InChI is InChI=1S/C15H24N6S.HI/c1-11-8-19-21(10-11)7-5-6-17-15(16-4)18-9-14-12(2)20-13(3)22-14;/h8,10H,5-7,9H2,1-4H3,(H2,16,17,18);1H. The van der Waals surface area contributed by atoms with Gasteiger partial charge in [-0.05, 0) is 32.8 Å². The van der Waals surface area contributed by atoms with Gasteiger partial charge in [0.15, 0.2) is 5.96 Å². The van der Waals surface area contributed by atoms with Crippen LogP contribution in [0.3, 0.4) is 0 Å². The van der Waals surface area contributed by atoms with Crippen molar-refractivity contribution in [3.63, 3.8) is 0 Å². The van der Waals surface area contributed by atoms with Crippen molar-refractivity contribution in [1.29, 1.82) is 0 Å². The van der Waals surface area contributed by atoms with Gasteiger partial charge in [0, 0.05) is 31.2 Å². The highest BCUT2D eigenvalue weighted by atomic mass is 127. The number of nitrogens with one attached hydrogen (secondary N) is 2. The molecule has 6 nitrogen and oxygen atoms in total. The van der Waals surface area contributed by atoms with E-state index in [2.05, 4.69) is 38.8 Å². The van der Waals surface area contributed by atoms with Gasteiger partial charge < -0.3 is 10.6 Å². The smallest absolute Gasteiger partial charge is 0.191 e. The van der Waals surface area contributed by atoms with Crippen LogP contribution in [0.1, 0.15) is 27.6 Å². The molecule has 0 aliphatic heterocycles. The second-order valence-corrected chi connectivity index (χ2v) is 6.52. The molecule has 2 aromatic heterocycles. The number of aromatic nitrogens is 3. The van der Waals surface area contributed by atoms with E-state index in [-0.39, 0.29) is 24.0 Å². The van der Waals surface area contributed by atoms with Crippen LogP contribution in [0.15, 0.2) is 17.4 Å². The third-order valence-electron chi connectivity index (χ3n) is 3.26. The lowest BCUT2D eigenvalue weighted by atomic mass is 10.4. The predicted octanol–water partition coefficient (Wildman–Crippen LogP) is 2.64. The fourth-order valence-corrected chi connectivity index (χ4v) is 3.04. The number of halogens is 1. The molecule has 23 heavy (non-hydrogen) atoms. The quantitative estimate of drug-likeness (QED) is 0.309. The van der Waals surface area contributed by atoms with Crippen LogP contribution in [-0.2, 0) is 13.1 Å². The summed E-state index contributed by atoms with van der Waals surface area (Å²) in [6.45, 7) is 8.66. The van der Waals surface area contributed by atoms with Crippen molar-refractivity contribution in [1.82, 2.24) is 25.4 Å². The molecule has 0 fully saturated rings. The van der Waals surface area contributed by atoms with Crippen molar-refractivity contribution < 1.29 is 0 Å². The Morgan fingerprint density at radius 1 is 1.30 bits per heavy atom. The number of hydrogen-bond donors (Lipinski definition) is 2. The Labute approximate surface area is 158 Å². The second kappa shape index (κ2) is 9.86. The van der Waals surface area contributed by atoms with E-state index in [0.29, 0.717) is 0 Å². The summed E-state index contributed by atoms with van der Waals surface area (Å²) in [5, 5.41) is 12.0. The minimum atomic E-state index is 0. The van der Waals surface area contributed by atoms with E-state index in [1.165, 1.54) is 10.4 Å². The predicted molar refractivity (Wildman–Crippen MR) is 107 cm³/mol. The number of hydrogen-bond acceptors (Lipinski definition) is 4. The van der Waals surface area contributed by atoms with Gasteiger partial charge in [0.05, 0.1) is 23.4 Å². The molecule has 0 unspecified atom stereocenters. The first-order valence-corrected chi connectivity index (χ1v) is 8.26. The zero-order valence-electron chi connectivity index (χ0n) is 14.1. The summed E-state index contributed by atoms with van der Waals surface area (Å²) in [4.78, 5) is 9.94. The third kappa shape index (κ3) is 6.46. The van der Waals surface area contributed by atoms with Gasteiger partial charge in [-0.3, -0.25) is 9.67 Å². The van der Waals surface area contributed by atoms with Crippen LogP contribution in [-0.4, -0.2) is 34.3 Å². The number of aryl methyl sites for hydroxylation is 4. The molecule has 8 heteroatoms. The molecule has 2 N–H and O–H groups in total. The van der Waals surface area contributed by atoms with Crippen LogP contribution in [0.5, 0.6) is 0 Å². The molecule has 0 saturated heterocycles. The molecule has 0 aliphatic rings. The van der Waals surface area contributed by atoms with E-state index in [4.69, 9.17) is 0 Å². The summed E-state index contributed by atoms with van der Waals surface area (Å²) in [5.41, 5.74) is 2.29. The molecular formula is C15H25IN6S. The number of rotatable bonds is 6. The average Bonchev–Trinajstić information content (AvgIpc) is 3.03. The number of aliphatic imine (C=N–C) groups is 1. The Kier molecular flexibility index (Phi) is 8.53. The molecule has 0 atom stereocenters. The van der Waals surface area contributed by atoms with E-state index < -0.39 is 0 Å². The van der Waals surface area contributed by atoms with Crippen molar-refractivity contribution in [3.05, 3.63) is 33.5 Å². The molecule has 0 amide bonds. The summed E-state index contributed by atoms with van der Waals surface area (Å²) in [6, 6.07) is 0. The van der Waals surface area contributed by atoms with E-state index in [1.54, 1.807) is 18.4 Å². The van der Waals surface area contributed by atoms with Crippen molar-refractivity contribution in [2.75, 3.05) is 13.6 Å². The maximum atomic E-state index is 4.43. The molecule has 2 heterocycles. The molecular weight excluding hydrogens is 423 g/mol. The van der Waals surface area contributed by atoms with Gasteiger partial charge in [0.25, 0.3) is 0 Å². The minimum Gasteiger partial charge on any atom is -0.356 e. The molecule has 0 saturated carbocycles. The van der Waals surface area contributed by atoms with Gasteiger partial charge in [-0.1, -0.05) is 0 Å². The molecule has 0 bridgehead atoms. The van der Waals surface area contributed by atoms with Gasteiger partial charge in [-0.2, -0.15) is 5.10 Å². The monoisotopic (exact) mass is 448 g/mol. The topological polar surface area (TPSA) is 67.1 Å². The van der Waals surface area contributed by atoms with E-state index in [1.807, 2.05) is 24.7 Å². The lowest BCUT2D eigenvalue weighted by Crippen LogP contribution is -2.37. The lowest BCUT2D eigenvalue weighted by molar-refractivity contribution is 0.570.